The lowest BCUT2D eigenvalue weighted by Gasteiger charge is -2.39. The van der Waals surface area contributed by atoms with Crippen molar-refractivity contribution in [2.24, 2.45) is 5.41 Å². The first-order chi connectivity index (χ1) is 8.27. The minimum absolute atomic E-state index is 0.0964. The summed E-state index contributed by atoms with van der Waals surface area (Å²) in [5.74, 6) is 0.114. The summed E-state index contributed by atoms with van der Waals surface area (Å²) in [6.07, 6.45) is 6.00. The average Bonchev–Trinajstić information content (AvgIpc) is 2.26. The number of carbonyl (C=O) groups excluding carboxylic acids is 1. The van der Waals surface area contributed by atoms with Crippen LogP contribution in [0.5, 0.6) is 0 Å². The molecular weight excluding hydrogens is 224 g/mol. The van der Waals surface area contributed by atoms with Gasteiger partial charge in [-0.05, 0) is 38.5 Å². The first kappa shape index (κ1) is 15.5. The third kappa shape index (κ3) is 4.60. The van der Waals surface area contributed by atoms with Crippen LogP contribution in [0, 0.1) is 5.41 Å². The molecule has 3 nitrogen and oxygen atoms in total. The predicted octanol–water partition coefficient (Wildman–Crippen LogP) is 2.85. The molecule has 1 atom stereocenters. The topological polar surface area (TPSA) is 41.1 Å². The van der Waals surface area contributed by atoms with E-state index in [1.807, 2.05) is 0 Å². The van der Waals surface area contributed by atoms with E-state index in [0.717, 1.165) is 6.42 Å². The molecule has 1 saturated carbocycles. The third-order valence-corrected chi connectivity index (χ3v) is 4.38. The number of nitrogens with one attached hydrogen (secondary N) is 2. The molecule has 1 aliphatic carbocycles. The van der Waals surface area contributed by atoms with Crippen LogP contribution in [0.15, 0.2) is 0 Å². The number of hydrogen-bond acceptors (Lipinski definition) is 2. The van der Waals surface area contributed by atoms with E-state index in [1.54, 1.807) is 0 Å². The van der Waals surface area contributed by atoms with E-state index in [0.29, 0.717) is 18.0 Å². The highest BCUT2D eigenvalue weighted by molar-refractivity contribution is 5.78. The molecule has 0 aliphatic heterocycles. The molecule has 3 heteroatoms. The zero-order valence-electron chi connectivity index (χ0n) is 12.7. The van der Waals surface area contributed by atoms with Gasteiger partial charge < -0.3 is 10.6 Å². The number of hydrogen-bond donors (Lipinski definition) is 2. The van der Waals surface area contributed by atoms with Crippen LogP contribution in [0.1, 0.15) is 66.7 Å². The van der Waals surface area contributed by atoms with Gasteiger partial charge in [0.2, 0.25) is 5.91 Å². The molecule has 1 rings (SSSR count). The fourth-order valence-corrected chi connectivity index (χ4v) is 2.60. The maximum atomic E-state index is 11.9. The summed E-state index contributed by atoms with van der Waals surface area (Å²) in [7, 11) is 0. The van der Waals surface area contributed by atoms with Gasteiger partial charge >= 0.3 is 0 Å². The average molecular weight is 254 g/mol. The predicted molar refractivity (Wildman–Crippen MR) is 76.6 cm³/mol. The largest absolute Gasteiger partial charge is 0.350 e. The second-order valence-electron chi connectivity index (χ2n) is 6.95. The van der Waals surface area contributed by atoms with Crippen molar-refractivity contribution < 1.29 is 4.79 Å². The Bertz CT molecular complexity index is 284. The van der Waals surface area contributed by atoms with Gasteiger partial charge in [0.15, 0.2) is 0 Å². The van der Waals surface area contributed by atoms with E-state index >= 15 is 0 Å². The Kier molecular flexibility index (Phi) is 5.20. The van der Waals surface area contributed by atoms with Crippen molar-refractivity contribution >= 4 is 5.91 Å². The zero-order chi connectivity index (χ0) is 13.8. The molecule has 2 N–H and O–H groups in total. The molecule has 0 aromatic carbocycles. The third-order valence-electron chi connectivity index (χ3n) is 4.38. The lowest BCUT2D eigenvalue weighted by Crippen LogP contribution is -2.51. The van der Waals surface area contributed by atoms with Crippen LogP contribution in [0.4, 0.5) is 0 Å². The Morgan fingerprint density at radius 3 is 2.56 bits per heavy atom. The van der Waals surface area contributed by atoms with E-state index in [9.17, 15) is 4.79 Å². The molecule has 106 valence electrons. The van der Waals surface area contributed by atoms with Gasteiger partial charge in [0.1, 0.15) is 0 Å². The standard InChI is InChI=1S/C15H30N2O/c1-6-15(4,5)17-13(18)11-16-12-9-7-8-10-14(12,2)3/h12,16H,6-11H2,1-5H3,(H,17,18). The fraction of sp³-hybridized carbons (Fsp3) is 0.933. The number of rotatable bonds is 5. The first-order valence-electron chi connectivity index (χ1n) is 7.31. The molecular formula is C15H30N2O. The lowest BCUT2D eigenvalue weighted by atomic mass is 9.73. The van der Waals surface area contributed by atoms with Crippen molar-refractivity contribution in [3.8, 4) is 0 Å². The van der Waals surface area contributed by atoms with Crippen LogP contribution in [0.2, 0.25) is 0 Å². The summed E-state index contributed by atoms with van der Waals surface area (Å²) in [5, 5.41) is 6.52. The minimum atomic E-state index is -0.0964. The van der Waals surface area contributed by atoms with Gasteiger partial charge in [-0.2, -0.15) is 0 Å². The second kappa shape index (κ2) is 6.05. The molecule has 0 aromatic heterocycles. The summed E-state index contributed by atoms with van der Waals surface area (Å²) in [4.78, 5) is 11.9. The van der Waals surface area contributed by atoms with Crippen molar-refractivity contribution in [1.82, 2.24) is 10.6 Å². The summed E-state index contributed by atoms with van der Waals surface area (Å²) < 4.78 is 0. The minimum Gasteiger partial charge on any atom is -0.350 e. The van der Waals surface area contributed by atoms with Crippen molar-refractivity contribution in [2.75, 3.05) is 6.54 Å². The SMILES string of the molecule is CCC(C)(C)NC(=O)CNC1CCCCC1(C)C. The van der Waals surface area contributed by atoms with Gasteiger partial charge in [-0.3, -0.25) is 4.79 Å². The van der Waals surface area contributed by atoms with E-state index < -0.39 is 0 Å². The lowest BCUT2D eigenvalue weighted by molar-refractivity contribution is -0.122. The maximum absolute atomic E-state index is 11.9. The summed E-state index contributed by atoms with van der Waals surface area (Å²) in [5.41, 5.74) is 0.222. The van der Waals surface area contributed by atoms with Gasteiger partial charge in [0.25, 0.3) is 0 Å². The van der Waals surface area contributed by atoms with Crippen LogP contribution in [-0.4, -0.2) is 24.0 Å². The van der Waals surface area contributed by atoms with E-state index in [2.05, 4.69) is 45.3 Å². The van der Waals surface area contributed by atoms with Crippen LogP contribution >= 0.6 is 0 Å². The smallest absolute Gasteiger partial charge is 0.234 e. The van der Waals surface area contributed by atoms with Crippen LogP contribution in [-0.2, 0) is 4.79 Å². The van der Waals surface area contributed by atoms with Gasteiger partial charge in [-0.25, -0.2) is 0 Å². The molecule has 0 heterocycles. The molecule has 0 spiro atoms. The van der Waals surface area contributed by atoms with E-state index in [-0.39, 0.29) is 11.4 Å². The molecule has 18 heavy (non-hydrogen) atoms. The number of carbonyl (C=O) groups is 1. The Balaban J connectivity index is 2.38. The second-order valence-corrected chi connectivity index (χ2v) is 6.95. The van der Waals surface area contributed by atoms with E-state index in [1.165, 1.54) is 25.7 Å². The van der Waals surface area contributed by atoms with Crippen LogP contribution in [0.25, 0.3) is 0 Å². The maximum Gasteiger partial charge on any atom is 0.234 e. The fourth-order valence-electron chi connectivity index (χ4n) is 2.60. The van der Waals surface area contributed by atoms with Crippen LogP contribution < -0.4 is 10.6 Å². The van der Waals surface area contributed by atoms with Crippen molar-refractivity contribution in [3.05, 3.63) is 0 Å². The Hall–Kier alpha value is -0.570. The molecule has 0 radical (unpaired) electrons. The molecule has 0 saturated heterocycles. The van der Waals surface area contributed by atoms with Gasteiger partial charge in [0, 0.05) is 11.6 Å². The van der Waals surface area contributed by atoms with Gasteiger partial charge in [-0.15, -0.1) is 0 Å². The molecule has 0 aromatic rings. The summed E-state index contributed by atoms with van der Waals surface area (Å²) >= 11 is 0. The summed E-state index contributed by atoms with van der Waals surface area (Å²) in [6.45, 7) is 11.3. The summed E-state index contributed by atoms with van der Waals surface area (Å²) in [6, 6.07) is 0.474. The Morgan fingerprint density at radius 1 is 1.33 bits per heavy atom. The Labute approximate surface area is 112 Å². The number of amides is 1. The zero-order valence-corrected chi connectivity index (χ0v) is 12.7. The van der Waals surface area contributed by atoms with Gasteiger partial charge in [0.05, 0.1) is 6.54 Å². The van der Waals surface area contributed by atoms with Crippen molar-refractivity contribution in [1.29, 1.82) is 0 Å². The molecule has 1 amide bonds. The van der Waals surface area contributed by atoms with Gasteiger partial charge in [-0.1, -0.05) is 33.6 Å². The van der Waals surface area contributed by atoms with Crippen LogP contribution in [0.3, 0.4) is 0 Å². The molecule has 1 unspecified atom stereocenters. The Morgan fingerprint density at radius 2 is 2.00 bits per heavy atom. The monoisotopic (exact) mass is 254 g/mol. The molecule has 1 fully saturated rings. The van der Waals surface area contributed by atoms with E-state index in [4.69, 9.17) is 0 Å². The van der Waals surface area contributed by atoms with Crippen molar-refractivity contribution in [2.45, 2.75) is 78.3 Å². The highest BCUT2D eigenvalue weighted by Crippen LogP contribution is 2.35. The molecule has 0 bridgehead atoms. The quantitative estimate of drug-likeness (QED) is 0.792. The highest BCUT2D eigenvalue weighted by atomic mass is 16.2. The molecule has 1 aliphatic rings. The van der Waals surface area contributed by atoms with Crippen molar-refractivity contribution in [3.63, 3.8) is 0 Å². The first-order valence-corrected chi connectivity index (χ1v) is 7.31. The normalized spacial score (nSPS) is 23.7. The highest BCUT2D eigenvalue weighted by Gasteiger charge is 2.32.